The maximum absolute atomic E-state index is 5.61. The zero-order valence-corrected chi connectivity index (χ0v) is 30.5. The Kier molecular flexibility index (Phi) is 8.47. The topological polar surface area (TPSA) is 57.4 Å². The molecule has 0 unspecified atom stereocenters. The zero-order chi connectivity index (χ0) is 37.3. The van der Waals surface area contributed by atoms with Gasteiger partial charge in [0.25, 0.3) is 0 Å². The third kappa shape index (κ3) is 6.19. The van der Waals surface area contributed by atoms with Gasteiger partial charge in [0.1, 0.15) is 0 Å². The normalized spacial score (nSPS) is 12.2. The second-order valence-electron chi connectivity index (χ2n) is 13.9. The van der Waals surface area contributed by atoms with Gasteiger partial charge in [-0.3, -0.25) is 0 Å². The summed E-state index contributed by atoms with van der Waals surface area (Å²) in [5.41, 5.74) is 18.0. The highest BCUT2D eigenvalue weighted by Gasteiger charge is 2.21. The molecule has 56 heavy (non-hydrogen) atoms. The summed E-state index contributed by atoms with van der Waals surface area (Å²) in [5.74, 6) is 0. The number of nitrogens with one attached hydrogen (secondary N) is 2. The fourth-order valence-electron chi connectivity index (χ4n) is 7.82. The minimum absolute atomic E-state index is 0.881. The lowest BCUT2D eigenvalue weighted by molar-refractivity contribution is 1.31. The molecule has 0 fully saturated rings. The molecule has 4 nitrogen and oxygen atoms in total. The molecule has 0 spiro atoms. The van der Waals surface area contributed by atoms with Crippen LogP contribution in [0.15, 0.2) is 182 Å². The molecule has 0 amide bonds. The van der Waals surface area contributed by atoms with E-state index < -0.39 is 0 Å². The highest BCUT2D eigenvalue weighted by molar-refractivity contribution is 6.04. The second kappa shape index (κ2) is 14.3. The standard InChI is InChI=1S/C52H36N4/c1-6-16-35(17-7-1)26-27-40-34-47-50(38-22-12-4-13-23-38)45-31-30-43(54-45)48(36-18-8-2-9-19-36)41-28-29-42(53-41)49(37-20-10-3-11-21-37)44-32-33-46(55-44)51(52(40)56-47)39-24-14-5-15-25-39/h1-34,54-55H/b27-26+,48-41?,48-43?,49-42?,49-44?,50-45?,50-47?,51-46?,52-51?. The van der Waals surface area contributed by atoms with Crippen molar-refractivity contribution in [1.82, 2.24) is 19.9 Å². The molecule has 264 valence electrons. The van der Waals surface area contributed by atoms with Crippen LogP contribution in [0.3, 0.4) is 0 Å². The van der Waals surface area contributed by atoms with E-state index in [9.17, 15) is 0 Å². The van der Waals surface area contributed by atoms with E-state index in [-0.39, 0.29) is 0 Å². The first-order chi connectivity index (χ1) is 27.8. The van der Waals surface area contributed by atoms with Crippen molar-refractivity contribution >= 4 is 51.9 Å². The predicted octanol–water partition coefficient (Wildman–Crippen LogP) is 13.4. The van der Waals surface area contributed by atoms with Crippen molar-refractivity contribution in [3.63, 3.8) is 0 Å². The molecule has 4 heteroatoms. The molecule has 0 aliphatic carbocycles. The van der Waals surface area contributed by atoms with Crippen molar-refractivity contribution < 1.29 is 0 Å². The Hall–Kier alpha value is -7.56. The minimum atomic E-state index is 0.881. The molecule has 8 aromatic rings. The maximum Gasteiger partial charge on any atom is 0.0809 e. The Labute approximate surface area is 325 Å². The molecule has 0 saturated heterocycles. The molecule has 2 aliphatic rings. The van der Waals surface area contributed by atoms with Gasteiger partial charge in [0, 0.05) is 49.9 Å². The lowest BCUT2D eigenvalue weighted by atomic mass is 9.99. The molecule has 5 heterocycles. The Balaban J connectivity index is 1.40. The number of fused-ring (bicyclic) bond motifs is 8. The first-order valence-electron chi connectivity index (χ1n) is 18.9. The molecular formula is C52H36N4. The van der Waals surface area contributed by atoms with Crippen LogP contribution in [0, 0.1) is 0 Å². The number of rotatable bonds is 6. The first-order valence-corrected chi connectivity index (χ1v) is 18.9. The van der Waals surface area contributed by atoms with Gasteiger partial charge in [0.2, 0.25) is 0 Å². The van der Waals surface area contributed by atoms with Gasteiger partial charge < -0.3 is 9.97 Å². The van der Waals surface area contributed by atoms with Gasteiger partial charge in [-0.1, -0.05) is 164 Å². The van der Waals surface area contributed by atoms with Crippen LogP contribution >= 0.6 is 0 Å². The van der Waals surface area contributed by atoms with Gasteiger partial charge in [-0.2, -0.15) is 0 Å². The summed E-state index contributed by atoms with van der Waals surface area (Å²) in [6, 6.07) is 61.3. The highest BCUT2D eigenvalue weighted by Crippen LogP contribution is 2.40. The van der Waals surface area contributed by atoms with E-state index in [1.54, 1.807) is 0 Å². The molecule has 2 aliphatic heterocycles. The van der Waals surface area contributed by atoms with Crippen molar-refractivity contribution in [1.29, 1.82) is 0 Å². The number of hydrogen-bond acceptors (Lipinski definition) is 2. The highest BCUT2D eigenvalue weighted by atomic mass is 14.8. The quantitative estimate of drug-likeness (QED) is 0.180. The van der Waals surface area contributed by atoms with E-state index in [1.165, 1.54) is 0 Å². The van der Waals surface area contributed by atoms with E-state index in [1.807, 2.05) is 6.07 Å². The van der Waals surface area contributed by atoms with Crippen LogP contribution in [0.4, 0.5) is 0 Å². The Bertz CT molecular complexity index is 2970. The second-order valence-corrected chi connectivity index (χ2v) is 13.9. The van der Waals surface area contributed by atoms with Crippen molar-refractivity contribution in [2.24, 2.45) is 0 Å². The van der Waals surface area contributed by atoms with Crippen LogP contribution in [0.2, 0.25) is 0 Å². The Morgan fingerprint density at radius 1 is 0.339 bits per heavy atom. The maximum atomic E-state index is 5.61. The Morgan fingerprint density at radius 3 is 1.16 bits per heavy atom. The van der Waals surface area contributed by atoms with Gasteiger partial charge in [-0.25, -0.2) is 9.97 Å². The summed E-state index contributed by atoms with van der Waals surface area (Å²) >= 11 is 0. The van der Waals surface area contributed by atoms with Gasteiger partial charge in [0.15, 0.2) is 0 Å². The largest absolute Gasteiger partial charge is 0.354 e. The minimum Gasteiger partial charge on any atom is -0.354 e. The van der Waals surface area contributed by atoms with E-state index in [2.05, 4.69) is 210 Å². The Morgan fingerprint density at radius 2 is 0.714 bits per heavy atom. The monoisotopic (exact) mass is 716 g/mol. The van der Waals surface area contributed by atoms with E-state index in [0.29, 0.717) is 0 Å². The lowest BCUT2D eigenvalue weighted by Gasteiger charge is -2.08. The van der Waals surface area contributed by atoms with Crippen LogP contribution in [-0.4, -0.2) is 19.9 Å². The van der Waals surface area contributed by atoms with Crippen LogP contribution < -0.4 is 0 Å². The molecule has 0 radical (unpaired) electrons. The number of benzene rings is 5. The average molecular weight is 717 g/mol. The molecule has 5 aromatic carbocycles. The van der Waals surface area contributed by atoms with Crippen LogP contribution in [-0.2, 0) is 0 Å². The fraction of sp³-hybridized carbons (Fsp3) is 0. The van der Waals surface area contributed by atoms with Crippen molar-refractivity contribution in [2.45, 2.75) is 0 Å². The third-order valence-electron chi connectivity index (χ3n) is 10.4. The summed E-state index contributed by atoms with van der Waals surface area (Å²) in [7, 11) is 0. The van der Waals surface area contributed by atoms with E-state index >= 15 is 0 Å². The number of hydrogen-bond donors (Lipinski definition) is 2. The lowest BCUT2D eigenvalue weighted by Crippen LogP contribution is -1.90. The van der Waals surface area contributed by atoms with Crippen molar-refractivity contribution in [2.75, 3.05) is 0 Å². The third-order valence-corrected chi connectivity index (χ3v) is 10.4. The first kappa shape index (κ1) is 33.0. The van der Waals surface area contributed by atoms with Gasteiger partial charge in [0.05, 0.1) is 22.8 Å². The zero-order valence-electron chi connectivity index (χ0n) is 30.5. The molecule has 0 atom stereocenters. The molecule has 2 N–H and O–H groups in total. The SMILES string of the molecule is C1=Cc2nc1c(-c1ccccc1)c1ccc([nH]1)c(-c1ccccc1)c1nc(c(-c3ccccc3)c3ccc([nH]3)c2-c2ccccc2)C(/C=C/c2ccccc2)=C1. The predicted molar refractivity (Wildman–Crippen MR) is 235 cm³/mol. The van der Waals surface area contributed by atoms with Gasteiger partial charge in [-0.15, -0.1) is 0 Å². The smallest absolute Gasteiger partial charge is 0.0809 e. The summed E-state index contributed by atoms with van der Waals surface area (Å²) in [6.07, 6.45) is 10.9. The van der Waals surface area contributed by atoms with E-state index in [0.717, 1.165) is 100 Å². The fourth-order valence-corrected chi connectivity index (χ4v) is 7.82. The van der Waals surface area contributed by atoms with Crippen molar-refractivity contribution in [3.8, 4) is 44.5 Å². The summed E-state index contributed by atoms with van der Waals surface area (Å²) in [6.45, 7) is 0. The molecule has 0 saturated carbocycles. The van der Waals surface area contributed by atoms with E-state index in [4.69, 9.17) is 9.97 Å². The number of allylic oxidation sites excluding steroid dienone is 2. The van der Waals surface area contributed by atoms with Gasteiger partial charge in [-0.05, 0) is 70.3 Å². The van der Waals surface area contributed by atoms with Crippen LogP contribution in [0.25, 0.3) is 96.5 Å². The average Bonchev–Trinajstić information content (AvgIpc) is 4.10. The molecule has 8 bridgehead atoms. The number of aromatic amines is 2. The number of nitrogens with zero attached hydrogens (tertiary/aromatic N) is 2. The number of aromatic nitrogens is 4. The molecule has 3 aromatic heterocycles. The number of H-pyrrole nitrogens is 2. The molecule has 10 rings (SSSR count). The molecular weight excluding hydrogens is 681 g/mol. The van der Waals surface area contributed by atoms with Crippen LogP contribution in [0.5, 0.6) is 0 Å². The summed E-state index contributed by atoms with van der Waals surface area (Å²) in [5, 5.41) is 0. The summed E-state index contributed by atoms with van der Waals surface area (Å²) < 4.78 is 0. The van der Waals surface area contributed by atoms with Crippen LogP contribution in [0.1, 0.15) is 28.3 Å². The van der Waals surface area contributed by atoms with Crippen molar-refractivity contribution in [3.05, 3.63) is 210 Å². The van der Waals surface area contributed by atoms with Gasteiger partial charge >= 0.3 is 0 Å². The summed E-state index contributed by atoms with van der Waals surface area (Å²) in [4.78, 5) is 18.8.